The van der Waals surface area contributed by atoms with Crippen LogP contribution in [0, 0.1) is 6.92 Å². The average molecular weight is 425 g/mol. The fraction of sp³-hybridized carbons (Fsp3) is 0.435. The van der Waals surface area contributed by atoms with E-state index in [0.29, 0.717) is 24.5 Å². The Morgan fingerprint density at radius 1 is 1.23 bits per heavy atom. The van der Waals surface area contributed by atoms with Gasteiger partial charge < -0.3 is 24.8 Å². The molecule has 2 N–H and O–H groups in total. The highest BCUT2D eigenvalue weighted by Crippen LogP contribution is 2.38. The lowest BCUT2D eigenvalue weighted by atomic mass is 9.92. The summed E-state index contributed by atoms with van der Waals surface area (Å²) >= 11 is 0. The van der Waals surface area contributed by atoms with Crippen LogP contribution < -0.4 is 15.0 Å². The number of aliphatic carboxylic acids is 1. The summed E-state index contributed by atoms with van der Waals surface area (Å²) in [5, 5.41) is 11.8. The smallest absolute Gasteiger partial charge is 0.329 e. The number of pyridine rings is 1. The summed E-state index contributed by atoms with van der Waals surface area (Å²) in [7, 11) is 0. The number of aryl methyl sites for hydroxylation is 1. The normalized spacial score (nSPS) is 20.5. The third kappa shape index (κ3) is 4.96. The number of amides is 1. The molecule has 1 fully saturated rings. The number of carbonyl (C=O) groups excluding carboxylic acids is 1. The molecule has 0 saturated heterocycles. The average Bonchev–Trinajstić information content (AvgIpc) is 2.78. The van der Waals surface area contributed by atoms with E-state index >= 15 is 0 Å². The molecule has 1 aromatic carbocycles. The lowest BCUT2D eigenvalue weighted by Gasteiger charge is -2.32. The van der Waals surface area contributed by atoms with E-state index in [1.165, 1.54) is 0 Å². The van der Waals surface area contributed by atoms with Gasteiger partial charge in [0.25, 0.3) is 5.91 Å². The van der Waals surface area contributed by atoms with Crippen LogP contribution in [-0.2, 0) is 9.53 Å². The Balaban J connectivity index is 1.44. The highest BCUT2D eigenvalue weighted by atomic mass is 16.5. The van der Waals surface area contributed by atoms with Gasteiger partial charge in [0.2, 0.25) is 0 Å². The predicted molar refractivity (Wildman–Crippen MR) is 115 cm³/mol. The molecule has 1 amide bonds. The number of fused-ring (bicyclic) bond motifs is 1. The highest BCUT2D eigenvalue weighted by Gasteiger charge is 2.28. The van der Waals surface area contributed by atoms with Gasteiger partial charge in [-0.25, -0.2) is 9.78 Å². The number of carboxylic acid groups (broad SMARTS) is 1. The maximum absolute atomic E-state index is 13.0. The summed E-state index contributed by atoms with van der Waals surface area (Å²) in [6.45, 7) is 2.85. The van der Waals surface area contributed by atoms with Crippen molar-refractivity contribution in [1.82, 2.24) is 10.3 Å². The molecule has 0 bridgehead atoms. The Labute approximate surface area is 181 Å². The summed E-state index contributed by atoms with van der Waals surface area (Å²) in [5.74, 6) is 0.282. The van der Waals surface area contributed by atoms with Gasteiger partial charge in [-0.1, -0.05) is 12.1 Å². The van der Waals surface area contributed by atoms with E-state index in [0.717, 1.165) is 42.8 Å². The Kier molecular flexibility index (Phi) is 6.36. The summed E-state index contributed by atoms with van der Waals surface area (Å²) in [6.07, 6.45) is 4.74. The lowest BCUT2D eigenvalue weighted by Crippen LogP contribution is -2.40. The SMILES string of the molecule is Cc1ccc(N2CCOc3c(C(=O)NC4CCC(OCC(=O)O)CC4)cccc32)nc1. The molecule has 2 aliphatic rings. The van der Waals surface area contributed by atoms with Crippen molar-refractivity contribution in [3.63, 3.8) is 0 Å². The van der Waals surface area contributed by atoms with Crippen molar-refractivity contribution in [1.29, 1.82) is 0 Å². The van der Waals surface area contributed by atoms with Crippen LogP contribution in [0.3, 0.4) is 0 Å². The second kappa shape index (κ2) is 9.34. The summed E-state index contributed by atoms with van der Waals surface area (Å²) in [6, 6.07) is 9.61. The number of benzene rings is 1. The number of nitrogens with zero attached hydrogens (tertiary/aromatic N) is 2. The molecule has 1 aliphatic carbocycles. The Hall–Kier alpha value is -3.13. The van der Waals surface area contributed by atoms with Gasteiger partial charge in [0.15, 0.2) is 5.75 Å². The third-order valence-corrected chi connectivity index (χ3v) is 5.72. The Morgan fingerprint density at radius 2 is 2.03 bits per heavy atom. The van der Waals surface area contributed by atoms with Crippen molar-refractivity contribution in [2.24, 2.45) is 0 Å². The van der Waals surface area contributed by atoms with Crippen molar-refractivity contribution in [2.45, 2.75) is 44.8 Å². The van der Waals surface area contributed by atoms with Crippen LogP contribution in [0.15, 0.2) is 36.5 Å². The molecule has 0 atom stereocenters. The van der Waals surface area contributed by atoms with Crippen LogP contribution in [0.2, 0.25) is 0 Å². The van der Waals surface area contributed by atoms with Crippen molar-refractivity contribution in [3.05, 3.63) is 47.7 Å². The number of hydrogen-bond acceptors (Lipinski definition) is 6. The zero-order valence-electron chi connectivity index (χ0n) is 17.5. The fourth-order valence-electron chi connectivity index (χ4n) is 4.11. The highest BCUT2D eigenvalue weighted by molar-refractivity contribution is 5.99. The number of anilines is 2. The second-order valence-corrected chi connectivity index (χ2v) is 8.00. The molecule has 0 unspecified atom stereocenters. The van der Waals surface area contributed by atoms with Gasteiger partial charge in [-0.05, 0) is 56.4 Å². The molecule has 31 heavy (non-hydrogen) atoms. The number of ether oxygens (including phenoxy) is 2. The van der Waals surface area contributed by atoms with Gasteiger partial charge in [-0.2, -0.15) is 0 Å². The molecule has 2 aromatic rings. The van der Waals surface area contributed by atoms with Gasteiger partial charge >= 0.3 is 5.97 Å². The first kappa shape index (κ1) is 21.1. The van der Waals surface area contributed by atoms with E-state index in [1.54, 1.807) is 6.07 Å². The Bertz CT molecular complexity index is 939. The first-order valence-electron chi connectivity index (χ1n) is 10.6. The van der Waals surface area contributed by atoms with Crippen molar-refractivity contribution < 1.29 is 24.2 Å². The van der Waals surface area contributed by atoms with Crippen molar-refractivity contribution in [3.8, 4) is 5.75 Å². The molecular weight excluding hydrogens is 398 g/mol. The van der Waals surface area contributed by atoms with Gasteiger partial charge in [0, 0.05) is 12.2 Å². The topological polar surface area (TPSA) is 101 Å². The molecule has 8 nitrogen and oxygen atoms in total. The van der Waals surface area contributed by atoms with E-state index in [9.17, 15) is 9.59 Å². The monoisotopic (exact) mass is 425 g/mol. The number of carbonyl (C=O) groups is 2. The third-order valence-electron chi connectivity index (χ3n) is 5.72. The molecule has 1 saturated carbocycles. The minimum Gasteiger partial charge on any atom is -0.489 e. The largest absolute Gasteiger partial charge is 0.489 e. The molecule has 0 spiro atoms. The van der Waals surface area contributed by atoms with Crippen LogP contribution in [0.5, 0.6) is 5.75 Å². The van der Waals surface area contributed by atoms with Crippen LogP contribution in [0.1, 0.15) is 41.6 Å². The number of para-hydroxylation sites is 1. The fourth-order valence-corrected chi connectivity index (χ4v) is 4.11. The van der Waals surface area contributed by atoms with Crippen LogP contribution in [0.4, 0.5) is 11.5 Å². The number of carboxylic acids is 1. The van der Waals surface area contributed by atoms with E-state index in [1.807, 2.05) is 37.4 Å². The maximum Gasteiger partial charge on any atom is 0.329 e. The molecular formula is C23H27N3O5. The maximum atomic E-state index is 13.0. The van der Waals surface area contributed by atoms with E-state index < -0.39 is 5.97 Å². The molecule has 164 valence electrons. The van der Waals surface area contributed by atoms with Crippen molar-refractivity contribution in [2.75, 3.05) is 24.7 Å². The van der Waals surface area contributed by atoms with E-state index in [2.05, 4.69) is 15.2 Å². The minimum absolute atomic E-state index is 0.0338. The van der Waals surface area contributed by atoms with Crippen LogP contribution in [-0.4, -0.2) is 53.9 Å². The van der Waals surface area contributed by atoms with Gasteiger partial charge in [-0.3, -0.25) is 4.79 Å². The molecule has 8 heteroatoms. The van der Waals surface area contributed by atoms with Gasteiger partial charge in [-0.15, -0.1) is 0 Å². The summed E-state index contributed by atoms with van der Waals surface area (Å²) in [5.41, 5.74) is 2.44. The molecule has 4 rings (SSSR count). The number of rotatable bonds is 6. The molecule has 2 heterocycles. The van der Waals surface area contributed by atoms with Crippen molar-refractivity contribution >= 4 is 23.4 Å². The number of hydrogen-bond donors (Lipinski definition) is 2. The lowest BCUT2D eigenvalue weighted by molar-refractivity contribution is -0.145. The summed E-state index contributed by atoms with van der Waals surface area (Å²) in [4.78, 5) is 30.3. The first-order chi connectivity index (χ1) is 15.0. The molecule has 1 aromatic heterocycles. The second-order valence-electron chi connectivity index (χ2n) is 8.00. The zero-order valence-corrected chi connectivity index (χ0v) is 17.5. The standard InChI is InChI=1S/C23H27N3O5/c1-15-5-10-20(24-13-15)26-11-12-30-22-18(3-2-4-19(22)26)23(29)25-16-6-8-17(9-7-16)31-14-21(27)28/h2-5,10,13,16-17H,6-9,11-12,14H2,1H3,(H,25,29)(H,27,28). The minimum atomic E-state index is -0.959. The summed E-state index contributed by atoms with van der Waals surface area (Å²) < 4.78 is 11.3. The first-order valence-corrected chi connectivity index (χ1v) is 10.6. The number of aromatic nitrogens is 1. The van der Waals surface area contributed by atoms with E-state index in [4.69, 9.17) is 14.6 Å². The molecule has 1 aliphatic heterocycles. The predicted octanol–water partition coefficient (Wildman–Crippen LogP) is 3.06. The van der Waals surface area contributed by atoms with Crippen LogP contribution in [0.25, 0.3) is 0 Å². The zero-order chi connectivity index (χ0) is 21.8. The van der Waals surface area contributed by atoms with Gasteiger partial charge in [0.1, 0.15) is 19.0 Å². The van der Waals surface area contributed by atoms with E-state index in [-0.39, 0.29) is 24.7 Å². The van der Waals surface area contributed by atoms with Gasteiger partial charge in [0.05, 0.1) is 23.9 Å². The number of nitrogens with one attached hydrogen (secondary N) is 1. The van der Waals surface area contributed by atoms with Crippen LogP contribution >= 0.6 is 0 Å². The Morgan fingerprint density at radius 3 is 2.74 bits per heavy atom. The molecule has 0 radical (unpaired) electrons. The quantitative estimate of drug-likeness (QED) is 0.733.